The van der Waals surface area contributed by atoms with E-state index >= 15 is 0 Å². The van der Waals surface area contributed by atoms with Gasteiger partial charge in [-0.1, -0.05) is 6.07 Å². The molecule has 6 heteroatoms. The van der Waals surface area contributed by atoms with Gasteiger partial charge >= 0.3 is 0 Å². The van der Waals surface area contributed by atoms with Crippen molar-refractivity contribution in [1.82, 2.24) is 10.2 Å². The Balaban J connectivity index is 2.08. The Bertz CT molecular complexity index is 912. The molecule has 3 rings (SSSR count). The molecule has 0 aliphatic heterocycles. The van der Waals surface area contributed by atoms with E-state index in [1.54, 1.807) is 24.4 Å². The van der Waals surface area contributed by atoms with Crippen LogP contribution in [0.5, 0.6) is 5.75 Å². The molecule has 3 aromatic rings. The quantitative estimate of drug-likeness (QED) is 0.798. The van der Waals surface area contributed by atoms with Crippen LogP contribution in [0.2, 0.25) is 0 Å². The summed E-state index contributed by atoms with van der Waals surface area (Å²) in [6.45, 7) is 0. The van der Waals surface area contributed by atoms with Gasteiger partial charge in [0, 0.05) is 17.3 Å². The fourth-order valence-electron chi connectivity index (χ4n) is 2.32. The highest BCUT2D eigenvalue weighted by Gasteiger charge is 2.14. The van der Waals surface area contributed by atoms with Crippen molar-refractivity contribution < 1.29 is 13.5 Å². The molecular formula is C17H11F2N3O. The SMILES string of the molecule is COc1ccc(-c2n[nH]cc2-c2ccc(C#N)c(F)c2)cc1F. The Morgan fingerprint density at radius 3 is 2.48 bits per heavy atom. The van der Waals surface area contributed by atoms with Gasteiger partial charge in [0.2, 0.25) is 0 Å². The molecule has 2 aromatic carbocycles. The number of hydrogen-bond donors (Lipinski definition) is 1. The number of aromatic nitrogens is 2. The van der Waals surface area contributed by atoms with Crippen LogP contribution in [-0.4, -0.2) is 17.3 Å². The fourth-order valence-corrected chi connectivity index (χ4v) is 2.32. The predicted octanol–water partition coefficient (Wildman–Crippen LogP) is 3.90. The number of ether oxygens (including phenoxy) is 1. The highest BCUT2D eigenvalue weighted by atomic mass is 19.1. The van der Waals surface area contributed by atoms with E-state index in [0.29, 0.717) is 22.4 Å². The molecule has 1 heterocycles. The van der Waals surface area contributed by atoms with E-state index in [2.05, 4.69) is 10.2 Å². The van der Waals surface area contributed by atoms with Crippen LogP contribution in [0.25, 0.3) is 22.4 Å². The van der Waals surface area contributed by atoms with Gasteiger partial charge in [0.25, 0.3) is 0 Å². The molecule has 0 bridgehead atoms. The number of rotatable bonds is 3. The minimum Gasteiger partial charge on any atom is -0.494 e. The number of methoxy groups -OCH3 is 1. The third kappa shape index (κ3) is 2.64. The van der Waals surface area contributed by atoms with Crippen LogP contribution in [0.4, 0.5) is 8.78 Å². The minimum atomic E-state index is -0.613. The smallest absolute Gasteiger partial charge is 0.165 e. The van der Waals surface area contributed by atoms with Crippen molar-refractivity contribution in [3.63, 3.8) is 0 Å². The van der Waals surface area contributed by atoms with Crippen LogP contribution in [0, 0.1) is 23.0 Å². The lowest BCUT2D eigenvalue weighted by molar-refractivity contribution is 0.386. The summed E-state index contributed by atoms with van der Waals surface area (Å²) in [6, 6.07) is 10.5. The van der Waals surface area contributed by atoms with Crippen LogP contribution in [-0.2, 0) is 0 Å². The van der Waals surface area contributed by atoms with Crippen LogP contribution in [0.1, 0.15) is 5.56 Å². The van der Waals surface area contributed by atoms with Gasteiger partial charge in [-0.3, -0.25) is 5.10 Å². The summed E-state index contributed by atoms with van der Waals surface area (Å²) in [7, 11) is 1.39. The maximum Gasteiger partial charge on any atom is 0.165 e. The van der Waals surface area contributed by atoms with Gasteiger partial charge < -0.3 is 4.74 Å². The zero-order chi connectivity index (χ0) is 16.4. The van der Waals surface area contributed by atoms with E-state index in [1.165, 1.54) is 31.4 Å². The van der Waals surface area contributed by atoms with Gasteiger partial charge in [0.05, 0.1) is 18.4 Å². The summed E-state index contributed by atoms with van der Waals surface area (Å²) in [5, 5.41) is 15.6. The zero-order valence-corrected chi connectivity index (χ0v) is 12.1. The van der Waals surface area contributed by atoms with Crippen molar-refractivity contribution in [3.8, 4) is 34.2 Å². The first-order valence-electron chi connectivity index (χ1n) is 6.71. The zero-order valence-electron chi connectivity index (χ0n) is 12.1. The van der Waals surface area contributed by atoms with Gasteiger partial charge in [-0.05, 0) is 35.9 Å². The third-order valence-corrected chi connectivity index (χ3v) is 3.47. The number of hydrogen-bond acceptors (Lipinski definition) is 3. The fraction of sp³-hybridized carbons (Fsp3) is 0.0588. The molecule has 1 aromatic heterocycles. The Labute approximate surface area is 131 Å². The van der Waals surface area contributed by atoms with E-state index in [1.807, 2.05) is 0 Å². The van der Waals surface area contributed by atoms with E-state index < -0.39 is 11.6 Å². The monoisotopic (exact) mass is 311 g/mol. The molecule has 0 amide bonds. The lowest BCUT2D eigenvalue weighted by Gasteiger charge is -2.06. The van der Waals surface area contributed by atoms with Crippen molar-refractivity contribution in [2.24, 2.45) is 0 Å². The Morgan fingerprint density at radius 1 is 1.09 bits per heavy atom. The van der Waals surface area contributed by atoms with E-state index in [9.17, 15) is 8.78 Å². The predicted molar refractivity (Wildman–Crippen MR) is 80.6 cm³/mol. The Kier molecular flexibility index (Phi) is 3.77. The second kappa shape index (κ2) is 5.89. The van der Waals surface area contributed by atoms with Crippen molar-refractivity contribution in [2.75, 3.05) is 7.11 Å². The molecule has 0 atom stereocenters. The number of benzene rings is 2. The molecule has 23 heavy (non-hydrogen) atoms. The summed E-state index contributed by atoms with van der Waals surface area (Å²) in [5.41, 5.74) is 2.13. The van der Waals surface area contributed by atoms with Gasteiger partial charge in [0.15, 0.2) is 11.6 Å². The molecule has 0 unspecified atom stereocenters. The minimum absolute atomic E-state index is 0.0331. The standard InChI is InChI=1S/C17H11F2N3O/c1-23-16-5-4-11(7-15(16)19)17-13(9-21-22-17)10-2-3-12(8-20)14(18)6-10/h2-7,9H,1H3,(H,21,22). The average Bonchev–Trinajstić information content (AvgIpc) is 3.04. The molecule has 0 saturated carbocycles. The number of H-pyrrole nitrogens is 1. The highest BCUT2D eigenvalue weighted by Crippen LogP contribution is 2.32. The van der Waals surface area contributed by atoms with Crippen molar-refractivity contribution >= 4 is 0 Å². The first-order chi connectivity index (χ1) is 11.1. The molecule has 0 fully saturated rings. The highest BCUT2D eigenvalue weighted by molar-refractivity contribution is 5.80. The van der Waals surface area contributed by atoms with Gasteiger partial charge in [-0.15, -0.1) is 0 Å². The Hall–Kier alpha value is -3.20. The summed E-state index contributed by atoms with van der Waals surface area (Å²) >= 11 is 0. The molecule has 1 N–H and O–H groups in total. The van der Waals surface area contributed by atoms with Crippen molar-refractivity contribution in [2.45, 2.75) is 0 Å². The van der Waals surface area contributed by atoms with Crippen LogP contribution in [0.15, 0.2) is 42.6 Å². The van der Waals surface area contributed by atoms with Crippen LogP contribution >= 0.6 is 0 Å². The summed E-state index contributed by atoms with van der Waals surface area (Å²) in [5.74, 6) is -0.988. The van der Waals surface area contributed by atoms with Gasteiger partial charge in [0.1, 0.15) is 11.9 Å². The largest absolute Gasteiger partial charge is 0.494 e. The van der Waals surface area contributed by atoms with E-state index in [0.717, 1.165) is 0 Å². The average molecular weight is 311 g/mol. The summed E-state index contributed by atoms with van der Waals surface area (Å²) < 4.78 is 32.6. The number of nitriles is 1. The second-order valence-corrected chi connectivity index (χ2v) is 4.80. The number of halogens is 2. The van der Waals surface area contributed by atoms with Gasteiger partial charge in [-0.25, -0.2) is 8.78 Å². The van der Waals surface area contributed by atoms with Crippen molar-refractivity contribution in [3.05, 3.63) is 59.8 Å². The lowest BCUT2D eigenvalue weighted by Crippen LogP contribution is -1.90. The third-order valence-electron chi connectivity index (χ3n) is 3.47. The molecule has 0 saturated heterocycles. The first-order valence-corrected chi connectivity index (χ1v) is 6.71. The normalized spacial score (nSPS) is 10.3. The molecule has 4 nitrogen and oxygen atoms in total. The molecule has 114 valence electrons. The van der Waals surface area contributed by atoms with E-state index in [-0.39, 0.29) is 11.3 Å². The first kappa shape index (κ1) is 14.7. The van der Waals surface area contributed by atoms with Gasteiger partial charge in [-0.2, -0.15) is 10.4 Å². The second-order valence-electron chi connectivity index (χ2n) is 4.80. The number of aromatic amines is 1. The number of nitrogens with one attached hydrogen (secondary N) is 1. The molecular weight excluding hydrogens is 300 g/mol. The van der Waals surface area contributed by atoms with Crippen LogP contribution in [0.3, 0.4) is 0 Å². The van der Waals surface area contributed by atoms with Crippen LogP contribution < -0.4 is 4.74 Å². The summed E-state index contributed by atoms with van der Waals surface area (Å²) in [6.07, 6.45) is 1.60. The topological polar surface area (TPSA) is 61.7 Å². The molecule has 0 aliphatic rings. The summed E-state index contributed by atoms with van der Waals surface area (Å²) in [4.78, 5) is 0. The van der Waals surface area contributed by atoms with Crippen molar-refractivity contribution in [1.29, 1.82) is 5.26 Å². The molecule has 0 aliphatic carbocycles. The number of nitrogens with zero attached hydrogens (tertiary/aromatic N) is 2. The molecule has 0 spiro atoms. The lowest BCUT2D eigenvalue weighted by atomic mass is 10.0. The maximum atomic E-state index is 13.9. The maximum absolute atomic E-state index is 13.9. The van der Waals surface area contributed by atoms with E-state index in [4.69, 9.17) is 10.00 Å². The molecule has 0 radical (unpaired) electrons. The Morgan fingerprint density at radius 2 is 1.83 bits per heavy atom.